The van der Waals surface area contributed by atoms with E-state index in [9.17, 15) is 4.39 Å². The third-order valence-electron chi connectivity index (χ3n) is 4.50. The van der Waals surface area contributed by atoms with Gasteiger partial charge in [0.15, 0.2) is 5.58 Å². The summed E-state index contributed by atoms with van der Waals surface area (Å²) < 4.78 is 26.5. The van der Waals surface area contributed by atoms with Crippen molar-refractivity contribution in [3.8, 4) is 0 Å². The molecule has 0 aliphatic carbocycles. The predicted octanol–water partition coefficient (Wildman–Crippen LogP) is 3.28. The van der Waals surface area contributed by atoms with Crippen LogP contribution in [0.3, 0.4) is 0 Å². The van der Waals surface area contributed by atoms with Gasteiger partial charge in [0.25, 0.3) is 6.01 Å². The number of halogens is 1. The van der Waals surface area contributed by atoms with Crippen LogP contribution < -0.4 is 5.32 Å². The molecule has 1 atom stereocenters. The lowest BCUT2D eigenvalue weighted by molar-refractivity contribution is 0.0592. The summed E-state index contributed by atoms with van der Waals surface area (Å²) in [6.45, 7) is 1.48. The van der Waals surface area contributed by atoms with E-state index < -0.39 is 0 Å². The van der Waals surface area contributed by atoms with E-state index in [0.717, 1.165) is 31.9 Å². The Morgan fingerprint density at radius 2 is 2.17 bits per heavy atom. The first-order chi connectivity index (χ1) is 11.7. The first-order valence-electron chi connectivity index (χ1n) is 8.08. The van der Waals surface area contributed by atoms with Crippen molar-refractivity contribution in [2.45, 2.75) is 18.9 Å². The lowest BCUT2D eigenvalue weighted by atomic mass is 9.91. The van der Waals surface area contributed by atoms with Crippen LogP contribution in [0, 0.1) is 11.7 Å². The molecule has 0 radical (unpaired) electrons. The molecule has 3 heterocycles. The number of nitrogens with zero attached hydrogens (tertiary/aromatic N) is 3. The summed E-state index contributed by atoms with van der Waals surface area (Å²) in [6.07, 6.45) is 5.59. The van der Waals surface area contributed by atoms with Crippen LogP contribution in [0.1, 0.15) is 24.7 Å². The average Bonchev–Trinajstić information content (AvgIpc) is 3.18. The number of ether oxygens (including phenoxy) is 1. The van der Waals surface area contributed by atoms with Crippen LogP contribution in [-0.4, -0.2) is 27.7 Å². The highest BCUT2D eigenvalue weighted by molar-refractivity contribution is 5.74. The minimum Gasteiger partial charge on any atom is -0.424 e. The Balaban J connectivity index is 1.66. The zero-order valence-corrected chi connectivity index (χ0v) is 13.4. The molecule has 1 unspecified atom stereocenters. The van der Waals surface area contributed by atoms with Crippen molar-refractivity contribution in [1.82, 2.24) is 14.5 Å². The zero-order valence-electron chi connectivity index (χ0n) is 13.4. The van der Waals surface area contributed by atoms with E-state index in [1.54, 1.807) is 12.3 Å². The number of nitrogens with one attached hydrogen (secondary N) is 1. The van der Waals surface area contributed by atoms with Crippen molar-refractivity contribution in [3.63, 3.8) is 0 Å². The van der Waals surface area contributed by atoms with Crippen molar-refractivity contribution in [3.05, 3.63) is 42.2 Å². The Labute approximate surface area is 138 Å². The molecule has 7 heteroatoms. The molecule has 1 N–H and O–H groups in total. The number of hydrogen-bond donors (Lipinski definition) is 1. The minimum absolute atomic E-state index is 0.0354. The summed E-state index contributed by atoms with van der Waals surface area (Å²) in [5, 5.41) is 3.36. The van der Waals surface area contributed by atoms with Gasteiger partial charge < -0.3 is 19.0 Å². The topological polar surface area (TPSA) is 65.1 Å². The molecule has 24 heavy (non-hydrogen) atoms. The van der Waals surface area contributed by atoms with Gasteiger partial charge in [-0.3, -0.25) is 0 Å². The van der Waals surface area contributed by atoms with Gasteiger partial charge in [0.2, 0.25) is 0 Å². The quantitative estimate of drug-likeness (QED) is 0.795. The van der Waals surface area contributed by atoms with E-state index in [-0.39, 0.29) is 11.9 Å². The molecule has 6 nitrogen and oxygen atoms in total. The monoisotopic (exact) mass is 330 g/mol. The van der Waals surface area contributed by atoms with Crippen LogP contribution >= 0.6 is 0 Å². The standard InChI is InChI=1S/C17H19FN4O2/c1-22-7-6-19-16(22)15(11-4-8-23-9-5-11)21-17-20-13-10-12(18)2-3-14(13)24-17/h2-3,6-7,10-11,15H,4-5,8-9H2,1H3,(H,20,21). The summed E-state index contributed by atoms with van der Waals surface area (Å²) in [5.74, 6) is 0.967. The maximum absolute atomic E-state index is 13.3. The van der Waals surface area contributed by atoms with Crippen LogP contribution in [0.25, 0.3) is 11.1 Å². The van der Waals surface area contributed by atoms with E-state index >= 15 is 0 Å². The van der Waals surface area contributed by atoms with Crippen molar-refractivity contribution < 1.29 is 13.5 Å². The van der Waals surface area contributed by atoms with E-state index in [0.29, 0.717) is 23.0 Å². The number of imidazole rings is 1. The number of aryl methyl sites for hydroxylation is 1. The molecule has 4 rings (SSSR count). The van der Waals surface area contributed by atoms with Crippen molar-refractivity contribution in [1.29, 1.82) is 0 Å². The summed E-state index contributed by atoms with van der Waals surface area (Å²) in [4.78, 5) is 8.85. The van der Waals surface area contributed by atoms with Crippen molar-refractivity contribution in [2.24, 2.45) is 13.0 Å². The molecule has 0 saturated carbocycles. The Hall–Kier alpha value is -2.41. The third-order valence-corrected chi connectivity index (χ3v) is 4.50. The summed E-state index contributed by atoms with van der Waals surface area (Å²) in [6, 6.07) is 4.68. The van der Waals surface area contributed by atoms with Gasteiger partial charge in [-0.25, -0.2) is 9.37 Å². The first kappa shape index (κ1) is 15.1. The fourth-order valence-corrected chi connectivity index (χ4v) is 3.21. The molecular weight excluding hydrogens is 311 g/mol. The van der Waals surface area contributed by atoms with E-state index in [4.69, 9.17) is 9.15 Å². The molecule has 1 aliphatic heterocycles. The molecular formula is C17H19FN4O2. The van der Waals surface area contributed by atoms with E-state index in [1.807, 2.05) is 17.8 Å². The Bertz CT molecular complexity index is 838. The summed E-state index contributed by atoms with van der Waals surface area (Å²) >= 11 is 0. The number of benzene rings is 1. The summed E-state index contributed by atoms with van der Waals surface area (Å²) in [7, 11) is 1.97. The minimum atomic E-state index is -0.326. The van der Waals surface area contributed by atoms with Gasteiger partial charge in [-0.15, -0.1) is 0 Å². The lowest BCUT2D eigenvalue weighted by Gasteiger charge is -2.30. The third kappa shape index (κ3) is 2.87. The highest BCUT2D eigenvalue weighted by Gasteiger charge is 2.29. The lowest BCUT2D eigenvalue weighted by Crippen LogP contribution is -2.29. The zero-order chi connectivity index (χ0) is 16.5. The maximum Gasteiger partial charge on any atom is 0.296 e. The molecule has 1 saturated heterocycles. The van der Waals surface area contributed by atoms with Gasteiger partial charge in [0.05, 0.1) is 6.04 Å². The van der Waals surface area contributed by atoms with Gasteiger partial charge in [0.1, 0.15) is 17.2 Å². The second-order valence-electron chi connectivity index (χ2n) is 6.10. The molecule has 2 aromatic heterocycles. The fraction of sp³-hybridized carbons (Fsp3) is 0.412. The second kappa shape index (κ2) is 6.24. The van der Waals surface area contributed by atoms with E-state index in [1.165, 1.54) is 12.1 Å². The highest BCUT2D eigenvalue weighted by Crippen LogP contribution is 2.33. The van der Waals surface area contributed by atoms with Gasteiger partial charge in [-0.05, 0) is 30.9 Å². The number of hydrogen-bond acceptors (Lipinski definition) is 5. The van der Waals surface area contributed by atoms with Gasteiger partial charge >= 0.3 is 0 Å². The van der Waals surface area contributed by atoms with Crippen LogP contribution in [0.15, 0.2) is 35.0 Å². The van der Waals surface area contributed by atoms with Gasteiger partial charge in [0, 0.05) is 38.7 Å². The molecule has 1 aromatic carbocycles. The average molecular weight is 330 g/mol. The maximum atomic E-state index is 13.3. The molecule has 0 bridgehead atoms. The van der Waals surface area contributed by atoms with Crippen LogP contribution in [-0.2, 0) is 11.8 Å². The summed E-state index contributed by atoms with van der Waals surface area (Å²) in [5.41, 5.74) is 1.06. The molecule has 0 amide bonds. The first-order valence-corrected chi connectivity index (χ1v) is 8.08. The molecule has 1 aliphatic rings. The molecule has 0 spiro atoms. The SMILES string of the molecule is Cn1ccnc1C(Nc1nc2cc(F)ccc2o1)C1CCOCC1. The normalized spacial score (nSPS) is 17.2. The second-order valence-corrected chi connectivity index (χ2v) is 6.10. The van der Waals surface area contributed by atoms with Crippen molar-refractivity contribution >= 4 is 17.1 Å². The number of rotatable bonds is 4. The Morgan fingerprint density at radius 3 is 2.92 bits per heavy atom. The van der Waals surface area contributed by atoms with Crippen LogP contribution in [0.5, 0.6) is 0 Å². The molecule has 1 fully saturated rings. The smallest absolute Gasteiger partial charge is 0.296 e. The van der Waals surface area contributed by atoms with Gasteiger partial charge in [-0.1, -0.05) is 0 Å². The van der Waals surface area contributed by atoms with Crippen LogP contribution in [0.2, 0.25) is 0 Å². The number of fused-ring (bicyclic) bond motifs is 1. The van der Waals surface area contributed by atoms with Gasteiger partial charge in [-0.2, -0.15) is 4.98 Å². The van der Waals surface area contributed by atoms with E-state index in [2.05, 4.69) is 15.3 Å². The Morgan fingerprint density at radius 1 is 1.33 bits per heavy atom. The number of oxazole rings is 1. The number of anilines is 1. The largest absolute Gasteiger partial charge is 0.424 e. The fourth-order valence-electron chi connectivity index (χ4n) is 3.21. The predicted molar refractivity (Wildman–Crippen MR) is 87.1 cm³/mol. The molecule has 126 valence electrons. The highest BCUT2D eigenvalue weighted by atomic mass is 19.1. The molecule has 3 aromatic rings. The van der Waals surface area contributed by atoms with Crippen molar-refractivity contribution in [2.75, 3.05) is 18.5 Å². The van der Waals surface area contributed by atoms with Crippen LogP contribution in [0.4, 0.5) is 10.4 Å². The Kier molecular flexibility index (Phi) is 3.93. The number of aromatic nitrogens is 3.